The predicted molar refractivity (Wildman–Crippen MR) is 78.9 cm³/mol. The van der Waals surface area contributed by atoms with E-state index in [0.29, 0.717) is 16.9 Å². The van der Waals surface area contributed by atoms with Gasteiger partial charge in [-0.15, -0.1) is 0 Å². The first-order chi connectivity index (χ1) is 8.75. The van der Waals surface area contributed by atoms with Crippen LogP contribution in [0.4, 0.5) is 0 Å². The second-order valence-electron chi connectivity index (χ2n) is 5.51. The number of thiocarbonyl (C=S) groups is 1. The molecule has 2 nitrogen and oxygen atoms in total. The van der Waals surface area contributed by atoms with E-state index in [4.69, 9.17) is 18.0 Å². The van der Waals surface area contributed by atoms with E-state index in [2.05, 4.69) is 29.2 Å². The molecule has 1 aliphatic heterocycles. The van der Waals surface area contributed by atoms with Crippen molar-refractivity contribution in [2.75, 3.05) is 13.1 Å². The Balaban J connectivity index is 1.68. The molecule has 3 rings (SSSR count). The summed E-state index contributed by atoms with van der Waals surface area (Å²) in [6.07, 6.45) is 4.91. The molecule has 18 heavy (non-hydrogen) atoms. The summed E-state index contributed by atoms with van der Waals surface area (Å²) in [5, 5.41) is 0. The first kappa shape index (κ1) is 12.1. The highest BCUT2D eigenvalue weighted by Gasteiger charge is 2.31. The molecule has 1 aromatic carbocycles. The van der Waals surface area contributed by atoms with Crippen molar-refractivity contribution >= 4 is 17.2 Å². The van der Waals surface area contributed by atoms with Gasteiger partial charge in [-0.2, -0.15) is 0 Å². The molecule has 0 saturated carbocycles. The third kappa shape index (κ3) is 2.17. The van der Waals surface area contributed by atoms with Crippen molar-refractivity contribution < 1.29 is 0 Å². The van der Waals surface area contributed by atoms with Crippen LogP contribution >= 0.6 is 12.2 Å². The van der Waals surface area contributed by atoms with E-state index in [1.165, 1.54) is 30.4 Å². The molecule has 0 bridgehead atoms. The summed E-state index contributed by atoms with van der Waals surface area (Å²) in [5.74, 6) is 0.691. The number of nitrogens with zero attached hydrogens (tertiary/aromatic N) is 1. The summed E-state index contributed by atoms with van der Waals surface area (Å²) >= 11 is 5.21. The number of rotatable bonds is 3. The Hall–Kier alpha value is -0.930. The third-order valence-corrected chi connectivity index (χ3v) is 4.63. The van der Waals surface area contributed by atoms with Crippen LogP contribution in [0.1, 0.15) is 36.3 Å². The molecule has 0 aromatic heterocycles. The average Bonchev–Trinajstić information content (AvgIpc) is 2.36. The molecule has 0 amide bonds. The first-order valence-corrected chi connectivity index (χ1v) is 7.27. The normalized spacial score (nSPS) is 27.3. The fourth-order valence-electron chi connectivity index (χ4n) is 3.34. The average molecular weight is 260 g/mol. The predicted octanol–water partition coefficient (Wildman–Crippen LogP) is 2.47. The summed E-state index contributed by atoms with van der Waals surface area (Å²) in [6, 6.07) is 9.12. The molecule has 1 aromatic rings. The Morgan fingerprint density at radius 2 is 2.17 bits per heavy atom. The molecule has 2 N–H and O–H groups in total. The zero-order chi connectivity index (χ0) is 12.5. The summed E-state index contributed by atoms with van der Waals surface area (Å²) in [7, 11) is 0. The molecule has 3 heteroatoms. The van der Waals surface area contributed by atoms with Crippen LogP contribution in [0.15, 0.2) is 24.3 Å². The highest BCUT2D eigenvalue weighted by molar-refractivity contribution is 7.80. The van der Waals surface area contributed by atoms with Crippen LogP contribution < -0.4 is 5.73 Å². The molecular formula is C15H20N2S. The number of piperidine rings is 1. The molecule has 0 radical (unpaired) electrons. The van der Waals surface area contributed by atoms with Crippen molar-refractivity contribution in [3.8, 4) is 0 Å². The molecule has 1 heterocycles. The summed E-state index contributed by atoms with van der Waals surface area (Å²) in [5.41, 5.74) is 8.93. The minimum atomic E-state index is 0.335. The Labute approximate surface area is 114 Å². The van der Waals surface area contributed by atoms with Crippen molar-refractivity contribution in [3.05, 3.63) is 35.4 Å². The van der Waals surface area contributed by atoms with Crippen molar-refractivity contribution in [2.45, 2.75) is 37.6 Å². The lowest BCUT2D eigenvalue weighted by Gasteiger charge is -2.40. The van der Waals surface area contributed by atoms with Crippen LogP contribution in [0.2, 0.25) is 0 Å². The highest BCUT2D eigenvalue weighted by atomic mass is 32.1. The van der Waals surface area contributed by atoms with Gasteiger partial charge in [0.05, 0.1) is 11.0 Å². The quantitative estimate of drug-likeness (QED) is 0.847. The van der Waals surface area contributed by atoms with Gasteiger partial charge in [0.25, 0.3) is 0 Å². The van der Waals surface area contributed by atoms with Crippen molar-refractivity contribution in [1.29, 1.82) is 0 Å². The molecule has 96 valence electrons. The second-order valence-corrected chi connectivity index (χ2v) is 5.98. The van der Waals surface area contributed by atoms with Crippen LogP contribution in [0.5, 0.6) is 0 Å². The van der Waals surface area contributed by atoms with Gasteiger partial charge in [-0.1, -0.05) is 42.9 Å². The van der Waals surface area contributed by atoms with Crippen molar-refractivity contribution in [2.24, 2.45) is 5.73 Å². The molecule has 1 aliphatic carbocycles. The van der Waals surface area contributed by atoms with E-state index < -0.39 is 0 Å². The maximum absolute atomic E-state index is 5.88. The molecular weight excluding hydrogens is 240 g/mol. The maximum atomic E-state index is 5.88. The van der Waals surface area contributed by atoms with E-state index in [1.807, 2.05) is 0 Å². The smallest absolute Gasteiger partial charge is 0.0902 e. The monoisotopic (exact) mass is 260 g/mol. The second kappa shape index (κ2) is 4.98. The fraction of sp³-hybridized carbons (Fsp3) is 0.533. The van der Waals surface area contributed by atoms with E-state index >= 15 is 0 Å². The Kier molecular flexibility index (Phi) is 3.35. The fourth-order valence-corrected chi connectivity index (χ4v) is 3.61. The summed E-state index contributed by atoms with van der Waals surface area (Å²) in [6.45, 7) is 2.28. The number of hydrogen-bond donors (Lipinski definition) is 1. The van der Waals surface area contributed by atoms with Gasteiger partial charge in [0.2, 0.25) is 0 Å². The molecule has 0 spiro atoms. The van der Waals surface area contributed by atoms with Crippen molar-refractivity contribution in [3.63, 3.8) is 0 Å². The zero-order valence-electron chi connectivity index (χ0n) is 10.6. The Bertz CT molecular complexity index is 458. The van der Waals surface area contributed by atoms with Gasteiger partial charge in [0, 0.05) is 12.5 Å². The number of likely N-dealkylation sites (tertiary alicyclic amines) is 1. The topological polar surface area (TPSA) is 29.3 Å². The summed E-state index contributed by atoms with van der Waals surface area (Å²) in [4.78, 5) is 3.19. The van der Waals surface area contributed by atoms with E-state index in [9.17, 15) is 0 Å². The minimum absolute atomic E-state index is 0.335. The number of benzene rings is 1. The van der Waals surface area contributed by atoms with Crippen LogP contribution in [-0.2, 0) is 6.42 Å². The molecule has 2 atom stereocenters. The lowest BCUT2D eigenvalue weighted by molar-refractivity contribution is 0.176. The zero-order valence-corrected chi connectivity index (χ0v) is 11.5. The number of fused-ring (bicyclic) bond motifs is 1. The van der Waals surface area contributed by atoms with Gasteiger partial charge in [0.15, 0.2) is 0 Å². The first-order valence-electron chi connectivity index (χ1n) is 6.87. The maximum Gasteiger partial charge on any atom is 0.0902 e. The van der Waals surface area contributed by atoms with Gasteiger partial charge in [-0.3, -0.25) is 4.90 Å². The van der Waals surface area contributed by atoms with E-state index in [1.54, 1.807) is 0 Å². The lowest BCUT2D eigenvalue weighted by atomic mass is 9.77. The Morgan fingerprint density at radius 1 is 1.33 bits per heavy atom. The van der Waals surface area contributed by atoms with Gasteiger partial charge in [-0.05, 0) is 36.9 Å². The Morgan fingerprint density at radius 3 is 2.94 bits per heavy atom. The lowest BCUT2D eigenvalue weighted by Crippen LogP contribution is -2.49. The third-order valence-electron chi connectivity index (χ3n) is 4.36. The minimum Gasteiger partial charge on any atom is -0.392 e. The van der Waals surface area contributed by atoms with Crippen LogP contribution in [-0.4, -0.2) is 29.0 Å². The SMILES string of the molecule is NC(=S)C1CCCCN1CC1Cc2ccccc21. The van der Waals surface area contributed by atoms with E-state index in [-0.39, 0.29) is 0 Å². The highest BCUT2D eigenvalue weighted by Crippen LogP contribution is 2.36. The van der Waals surface area contributed by atoms with Crippen LogP contribution in [0.3, 0.4) is 0 Å². The molecule has 2 aliphatic rings. The summed E-state index contributed by atoms with van der Waals surface area (Å²) < 4.78 is 0. The van der Waals surface area contributed by atoms with Crippen LogP contribution in [0, 0.1) is 0 Å². The number of hydrogen-bond acceptors (Lipinski definition) is 2. The van der Waals surface area contributed by atoms with E-state index in [0.717, 1.165) is 19.5 Å². The van der Waals surface area contributed by atoms with Crippen LogP contribution in [0.25, 0.3) is 0 Å². The van der Waals surface area contributed by atoms with Crippen molar-refractivity contribution in [1.82, 2.24) is 4.90 Å². The standard InChI is InChI=1S/C15H20N2S/c16-15(18)14-7-3-4-8-17(14)10-12-9-11-5-1-2-6-13(11)12/h1-2,5-6,12,14H,3-4,7-10H2,(H2,16,18). The number of nitrogens with two attached hydrogens (primary N) is 1. The molecule has 2 unspecified atom stereocenters. The molecule has 1 fully saturated rings. The van der Waals surface area contributed by atoms with Gasteiger partial charge < -0.3 is 5.73 Å². The molecule has 1 saturated heterocycles. The van der Waals surface area contributed by atoms with Gasteiger partial charge in [0.1, 0.15) is 0 Å². The van der Waals surface area contributed by atoms with Gasteiger partial charge >= 0.3 is 0 Å². The van der Waals surface area contributed by atoms with Gasteiger partial charge in [-0.25, -0.2) is 0 Å². The largest absolute Gasteiger partial charge is 0.392 e.